The highest BCUT2D eigenvalue weighted by atomic mass is 16.5. The molecule has 2 amide bonds. The average Bonchev–Trinajstić information content (AvgIpc) is 3.35. The van der Waals surface area contributed by atoms with Crippen molar-refractivity contribution >= 4 is 11.8 Å². The standard InChI is InChI=1S/C18H21N3O4/c1-11-14(12(2)25-20-11)9-13-3-4-15(24-13)17(23)21-8-7-18(10-21)6-5-16(22)19-18/h3-4H,5-10H2,1-2H3,(H,19,22). The summed E-state index contributed by atoms with van der Waals surface area (Å²) in [5, 5.41) is 6.97. The molecule has 2 saturated heterocycles. The van der Waals surface area contributed by atoms with E-state index in [0.717, 1.165) is 29.9 Å². The summed E-state index contributed by atoms with van der Waals surface area (Å²) in [7, 11) is 0. The minimum Gasteiger partial charge on any atom is -0.456 e. The molecule has 4 rings (SSSR count). The van der Waals surface area contributed by atoms with Crippen LogP contribution in [0, 0.1) is 13.8 Å². The van der Waals surface area contributed by atoms with Gasteiger partial charge < -0.3 is 19.2 Å². The summed E-state index contributed by atoms with van der Waals surface area (Å²) in [6.07, 6.45) is 2.70. The van der Waals surface area contributed by atoms with Crippen LogP contribution in [0.5, 0.6) is 0 Å². The van der Waals surface area contributed by atoms with Crippen LogP contribution in [0.25, 0.3) is 0 Å². The van der Waals surface area contributed by atoms with E-state index in [4.69, 9.17) is 8.94 Å². The van der Waals surface area contributed by atoms with Gasteiger partial charge in [0.05, 0.1) is 11.2 Å². The number of rotatable bonds is 3. The van der Waals surface area contributed by atoms with Gasteiger partial charge in [0, 0.05) is 31.5 Å². The van der Waals surface area contributed by atoms with Crippen molar-refractivity contribution in [2.45, 2.75) is 45.1 Å². The van der Waals surface area contributed by atoms with Gasteiger partial charge in [-0.05, 0) is 38.8 Å². The lowest BCUT2D eigenvalue weighted by Gasteiger charge is -2.23. The minimum absolute atomic E-state index is 0.0778. The zero-order valence-electron chi connectivity index (χ0n) is 14.4. The molecule has 1 N–H and O–H groups in total. The van der Waals surface area contributed by atoms with Crippen molar-refractivity contribution in [3.05, 3.63) is 40.7 Å². The van der Waals surface area contributed by atoms with Crippen LogP contribution in [0.2, 0.25) is 0 Å². The summed E-state index contributed by atoms with van der Waals surface area (Å²) in [5.74, 6) is 1.77. The van der Waals surface area contributed by atoms with E-state index in [1.807, 2.05) is 19.9 Å². The van der Waals surface area contributed by atoms with Gasteiger partial charge in [-0.2, -0.15) is 0 Å². The first-order valence-electron chi connectivity index (χ1n) is 8.56. The van der Waals surface area contributed by atoms with Crippen LogP contribution >= 0.6 is 0 Å². The van der Waals surface area contributed by atoms with Crippen molar-refractivity contribution in [2.75, 3.05) is 13.1 Å². The van der Waals surface area contributed by atoms with Crippen molar-refractivity contribution in [1.29, 1.82) is 0 Å². The van der Waals surface area contributed by atoms with E-state index in [1.54, 1.807) is 11.0 Å². The lowest BCUT2D eigenvalue weighted by molar-refractivity contribution is -0.119. The third kappa shape index (κ3) is 2.83. The first kappa shape index (κ1) is 15.9. The molecular weight excluding hydrogens is 322 g/mol. The van der Waals surface area contributed by atoms with Crippen LogP contribution in [-0.4, -0.2) is 40.5 Å². The normalized spacial score (nSPS) is 22.8. The molecule has 25 heavy (non-hydrogen) atoms. The van der Waals surface area contributed by atoms with Crippen LogP contribution in [0.4, 0.5) is 0 Å². The molecule has 2 aromatic rings. The fourth-order valence-corrected chi connectivity index (χ4v) is 3.80. The van der Waals surface area contributed by atoms with E-state index in [0.29, 0.717) is 37.5 Å². The summed E-state index contributed by atoms with van der Waals surface area (Å²) >= 11 is 0. The largest absolute Gasteiger partial charge is 0.456 e. The van der Waals surface area contributed by atoms with E-state index in [-0.39, 0.29) is 17.4 Å². The Morgan fingerprint density at radius 2 is 2.20 bits per heavy atom. The Labute approximate surface area is 145 Å². The van der Waals surface area contributed by atoms with Crippen LogP contribution in [0.3, 0.4) is 0 Å². The molecule has 1 unspecified atom stereocenters. The SMILES string of the molecule is Cc1noc(C)c1Cc1ccc(C(=O)N2CCC3(CCC(=O)N3)C2)o1. The van der Waals surface area contributed by atoms with Crippen LogP contribution in [0.15, 0.2) is 21.1 Å². The van der Waals surface area contributed by atoms with E-state index in [1.165, 1.54) is 0 Å². The maximum atomic E-state index is 12.7. The number of furan rings is 1. The minimum atomic E-state index is -0.237. The number of nitrogens with one attached hydrogen (secondary N) is 1. The smallest absolute Gasteiger partial charge is 0.289 e. The number of hydrogen-bond acceptors (Lipinski definition) is 5. The lowest BCUT2D eigenvalue weighted by atomic mass is 9.97. The fourth-order valence-electron chi connectivity index (χ4n) is 3.80. The zero-order valence-corrected chi connectivity index (χ0v) is 14.4. The number of carbonyl (C=O) groups excluding carboxylic acids is 2. The number of amides is 2. The predicted molar refractivity (Wildman–Crippen MR) is 88.1 cm³/mol. The number of aryl methyl sites for hydroxylation is 2. The van der Waals surface area contributed by atoms with Crippen molar-refractivity contribution in [3.8, 4) is 0 Å². The van der Waals surface area contributed by atoms with Crippen molar-refractivity contribution < 1.29 is 18.5 Å². The van der Waals surface area contributed by atoms with Crippen LogP contribution in [0.1, 0.15) is 52.6 Å². The Kier molecular flexibility index (Phi) is 3.67. The molecule has 2 aromatic heterocycles. The molecule has 7 nitrogen and oxygen atoms in total. The summed E-state index contributed by atoms with van der Waals surface area (Å²) < 4.78 is 10.9. The second-order valence-corrected chi connectivity index (χ2v) is 7.05. The van der Waals surface area contributed by atoms with E-state index in [2.05, 4.69) is 10.5 Å². The predicted octanol–water partition coefficient (Wildman–Crippen LogP) is 1.97. The van der Waals surface area contributed by atoms with Crippen LogP contribution < -0.4 is 5.32 Å². The number of aromatic nitrogens is 1. The first-order chi connectivity index (χ1) is 12.0. The zero-order chi connectivity index (χ0) is 17.6. The molecule has 1 spiro atoms. The van der Waals surface area contributed by atoms with Gasteiger partial charge in [-0.3, -0.25) is 9.59 Å². The number of likely N-dealkylation sites (tertiary alicyclic amines) is 1. The van der Waals surface area contributed by atoms with Gasteiger partial charge in [-0.1, -0.05) is 5.16 Å². The maximum absolute atomic E-state index is 12.7. The van der Waals surface area contributed by atoms with Gasteiger partial charge in [0.25, 0.3) is 5.91 Å². The Bertz CT molecular complexity index is 818. The number of hydrogen-bond donors (Lipinski definition) is 1. The van der Waals surface area contributed by atoms with Gasteiger partial charge >= 0.3 is 0 Å². The van der Waals surface area contributed by atoms with E-state index >= 15 is 0 Å². The molecule has 2 aliphatic rings. The summed E-state index contributed by atoms with van der Waals surface area (Å²) in [6.45, 7) is 4.95. The quantitative estimate of drug-likeness (QED) is 0.920. The number of carbonyl (C=O) groups is 2. The maximum Gasteiger partial charge on any atom is 0.289 e. The molecule has 4 heterocycles. The van der Waals surface area contributed by atoms with Crippen molar-refractivity contribution in [3.63, 3.8) is 0 Å². The van der Waals surface area contributed by atoms with Gasteiger partial charge in [0.15, 0.2) is 5.76 Å². The molecule has 2 aliphatic heterocycles. The molecule has 0 saturated carbocycles. The summed E-state index contributed by atoms with van der Waals surface area (Å²) in [6, 6.07) is 3.54. The van der Waals surface area contributed by atoms with Crippen molar-refractivity contribution in [1.82, 2.24) is 15.4 Å². The van der Waals surface area contributed by atoms with Gasteiger partial charge in [-0.25, -0.2) is 0 Å². The van der Waals surface area contributed by atoms with Crippen LogP contribution in [-0.2, 0) is 11.2 Å². The highest BCUT2D eigenvalue weighted by molar-refractivity contribution is 5.92. The second kappa shape index (κ2) is 5.75. The third-order valence-electron chi connectivity index (χ3n) is 5.28. The molecule has 7 heteroatoms. The third-order valence-corrected chi connectivity index (χ3v) is 5.28. The summed E-state index contributed by atoms with van der Waals surface area (Å²) in [5.41, 5.74) is 1.58. The molecule has 0 aromatic carbocycles. The van der Waals surface area contributed by atoms with Gasteiger partial charge in [0.1, 0.15) is 11.5 Å². The Balaban J connectivity index is 1.45. The van der Waals surface area contributed by atoms with Gasteiger partial charge in [-0.15, -0.1) is 0 Å². The van der Waals surface area contributed by atoms with Gasteiger partial charge in [0.2, 0.25) is 5.91 Å². The molecule has 0 radical (unpaired) electrons. The Morgan fingerprint density at radius 1 is 1.36 bits per heavy atom. The molecule has 0 bridgehead atoms. The molecule has 1 atom stereocenters. The molecule has 2 fully saturated rings. The second-order valence-electron chi connectivity index (χ2n) is 7.05. The fraction of sp³-hybridized carbons (Fsp3) is 0.500. The van der Waals surface area contributed by atoms with E-state index in [9.17, 15) is 9.59 Å². The Morgan fingerprint density at radius 3 is 2.88 bits per heavy atom. The highest BCUT2D eigenvalue weighted by Gasteiger charge is 2.45. The molecule has 0 aliphatic carbocycles. The Hall–Kier alpha value is -2.57. The summed E-state index contributed by atoms with van der Waals surface area (Å²) in [4.78, 5) is 26.0. The lowest BCUT2D eigenvalue weighted by Crippen LogP contribution is -2.44. The number of nitrogens with zero attached hydrogens (tertiary/aromatic N) is 2. The topological polar surface area (TPSA) is 88.6 Å². The van der Waals surface area contributed by atoms with E-state index < -0.39 is 0 Å². The highest BCUT2D eigenvalue weighted by Crippen LogP contribution is 2.31. The molecular formula is C18H21N3O4. The monoisotopic (exact) mass is 343 g/mol. The molecule has 132 valence electrons. The average molecular weight is 343 g/mol. The first-order valence-corrected chi connectivity index (χ1v) is 8.56. The van der Waals surface area contributed by atoms with Crippen molar-refractivity contribution in [2.24, 2.45) is 0 Å².